The largest absolute Gasteiger partial charge is 0.453 e. The van der Waals surface area contributed by atoms with Crippen molar-refractivity contribution in [1.82, 2.24) is 0 Å². The van der Waals surface area contributed by atoms with Crippen molar-refractivity contribution < 1.29 is 14.1 Å². The molecule has 0 radical (unpaired) electrons. The van der Waals surface area contributed by atoms with Gasteiger partial charge >= 0.3 is 0 Å². The molecule has 5 nitrogen and oxygen atoms in total. The van der Waals surface area contributed by atoms with Crippen molar-refractivity contribution >= 4 is 23.6 Å². The van der Waals surface area contributed by atoms with E-state index in [1.165, 1.54) is 24.3 Å². The van der Waals surface area contributed by atoms with Crippen LogP contribution in [0.3, 0.4) is 0 Å². The quantitative estimate of drug-likeness (QED) is 0.476. The number of nitrogens with zero attached hydrogens (tertiary/aromatic N) is 1. The maximum absolute atomic E-state index is 10.9. The molecule has 0 saturated heterocycles. The summed E-state index contributed by atoms with van der Waals surface area (Å²) in [5.74, 6) is 0.343. The van der Waals surface area contributed by atoms with Gasteiger partial charge in [0.25, 0.3) is 5.69 Å². The minimum absolute atomic E-state index is 0.0246. The second kappa shape index (κ2) is 4.39. The minimum Gasteiger partial charge on any atom is -0.453 e. The molecule has 0 aliphatic carbocycles. The van der Waals surface area contributed by atoms with Crippen LogP contribution in [0.2, 0.25) is 5.02 Å². The van der Waals surface area contributed by atoms with Crippen molar-refractivity contribution in [1.29, 1.82) is 0 Å². The predicted octanol–water partition coefficient (Wildman–Crippen LogP) is 3.32. The van der Waals surface area contributed by atoms with Gasteiger partial charge in [-0.1, -0.05) is 17.7 Å². The van der Waals surface area contributed by atoms with Crippen LogP contribution in [-0.2, 0) is 0 Å². The Bertz CT molecular complexity index is 591. The Morgan fingerprint density at radius 1 is 1.29 bits per heavy atom. The molecule has 0 atom stereocenters. The van der Waals surface area contributed by atoms with Gasteiger partial charge in [0, 0.05) is 0 Å². The van der Waals surface area contributed by atoms with Gasteiger partial charge in [0.05, 0.1) is 10.5 Å². The maximum Gasteiger partial charge on any atom is 0.298 e. The molecular formula is C11H6ClNO4. The van der Waals surface area contributed by atoms with E-state index in [-0.39, 0.29) is 27.8 Å². The van der Waals surface area contributed by atoms with Gasteiger partial charge in [-0.15, -0.1) is 0 Å². The number of para-hydroxylation sites is 1. The number of carbonyl (C=O) groups excluding carboxylic acids is 1. The SMILES string of the molecule is O=Cc1ccc(-c2cccc(Cl)c2[N+](=O)[O-])o1. The number of nitro groups is 1. The van der Waals surface area contributed by atoms with Crippen molar-refractivity contribution in [2.24, 2.45) is 0 Å². The predicted molar refractivity (Wildman–Crippen MR) is 61.2 cm³/mol. The molecule has 0 amide bonds. The summed E-state index contributed by atoms with van der Waals surface area (Å²) in [4.78, 5) is 20.8. The van der Waals surface area contributed by atoms with Gasteiger partial charge in [-0.2, -0.15) is 0 Å². The third-order valence-electron chi connectivity index (χ3n) is 2.18. The van der Waals surface area contributed by atoms with E-state index < -0.39 is 4.92 Å². The molecule has 1 aromatic heterocycles. The fraction of sp³-hybridized carbons (Fsp3) is 0. The highest BCUT2D eigenvalue weighted by Gasteiger charge is 2.21. The van der Waals surface area contributed by atoms with Crippen molar-refractivity contribution in [2.45, 2.75) is 0 Å². The number of halogens is 1. The molecule has 0 fully saturated rings. The summed E-state index contributed by atoms with van der Waals surface area (Å²) in [6.45, 7) is 0. The Labute approximate surface area is 101 Å². The average Bonchev–Trinajstić information content (AvgIpc) is 2.76. The number of carbonyl (C=O) groups is 1. The lowest BCUT2D eigenvalue weighted by atomic mass is 10.1. The number of benzene rings is 1. The highest BCUT2D eigenvalue weighted by molar-refractivity contribution is 6.33. The highest BCUT2D eigenvalue weighted by Crippen LogP contribution is 2.36. The Balaban J connectivity index is 2.62. The van der Waals surface area contributed by atoms with Crippen LogP contribution in [0.1, 0.15) is 10.6 Å². The zero-order chi connectivity index (χ0) is 12.4. The molecule has 17 heavy (non-hydrogen) atoms. The molecule has 0 aliphatic heterocycles. The summed E-state index contributed by atoms with van der Waals surface area (Å²) in [6, 6.07) is 7.44. The summed E-state index contributed by atoms with van der Waals surface area (Å²) >= 11 is 5.76. The Hall–Kier alpha value is -2.14. The Morgan fingerprint density at radius 2 is 2.06 bits per heavy atom. The third kappa shape index (κ3) is 2.05. The monoisotopic (exact) mass is 251 g/mol. The first-order valence-corrected chi connectivity index (χ1v) is 4.99. The summed E-state index contributed by atoms with van der Waals surface area (Å²) in [6.07, 6.45) is 0.528. The van der Waals surface area contributed by atoms with Gasteiger partial charge in [0.15, 0.2) is 12.0 Å². The van der Waals surface area contributed by atoms with E-state index in [9.17, 15) is 14.9 Å². The van der Waals surface area contributed by atoms with Crippen LogP contribution < -0.4 is 0 Å². The molecule has 0 saturated carbocycles. The molecule has 0 aliphatic rings. The molecule has 2 aromatic rings. The van der Waals surface area contributed by atoms with Gasteiger partial charge < -0.3 is 4.42 Å². The average molecular weight is 252 g/mol. The van der Waals surface area contributed by atoms with E-state index in [0.717, 1.165) is 0 Å². The second-order valence-electron chi connectivity index (χ2n) is 3.21. The van der Waals surface area contributed by atoms with Gasteiger partial charge in [0.1, 0.15) is 10.8 Å². The smallest absolute Gasteiger partial charge is 0.298 e. The molecule has 0 unspecified atom stereocenters. The van der Waals surface area contributed by atoms with E-state index in [2.05, 4.69) is 0 Å². The zero-order valence-electron chi connectivity index (χ0n) is 8.42. The first-order valence-electron chi connectivity index (χ1n) is 4.62. The molecule has 0 bridgehead atoms. The van der Waals surface area contributed by atoms with Crippen molar-refractivity contribution in [3.63, 3.8) is 0 Å². The van der Waals surface area contributed by atoms with E-state index in [0.29, 0.717) is 6.29 Å². The fourth-order valence-electron chi connectivity index (χ4n) is 1.46. The molecule has 1 heterocycles. The normalized spacial score (nSPS) is 10.2. The standard InChI is InChI=1S/C11H6ClNO4/c12-9-3-1-2-8(11(9)13(15)16)10-5-4-7(6-14)17-10/h1-6H. The van der Waals surface area contributed by atoms with E-state index in [1.807, 2.05) is 0 Å². The Kier molecular flexibility index (Phi) is 2.93. The van der Waals surface area contributed by atoms with Gasteiger partial charge in [-0.05, 0) is 24.3 Å². The fourth-order valence-corrected chi connectivity index (χ4v) is 1.70. The van der Waals surface area contributed by atoms with Crippen LogP contribution in [0, 0.1) is 10.1 Å². The summed E-state index contributed by atoms with van der Waals surface area (Å²) < 4.78 is 5.13. The first-order chi connectivity index (χ1) is 8.13. The number of nitro benzene ring substituents is 1. The molecule has 2 rings (SSSR count). The van der Waals surface area contributed by atoms with Crippen molar-refractivity contribution in [2.75, 3.05) is 0 Å². The maximum atomic E-state index is 10.9. The lowest BCUT2D eigenvalue weighted by Gasteiger charge is -2.00. The highest BCUT2D eigenvalue weighted by atomic mass is 35.5. The number of hydrogen-bond donors (Lipinski definition) is 0. The van der Waals surface area contributed by atoms with E-state index >= 15 is 0 Å². The summed E-state index contributed by atoms with van der Waals surface area (Å²) in [7, 11) is 0. The van der Waals surface area contributed by atoms with E-state index in [1.54, 1.807) is 6.07 Å². The van der Waals surface area contributed by atoms with Crippen LogP contribution in [0.15, 0.2) is 34.7 Å². The molecular weight excluding hydrogens is 246 g/mol. The molecule has 0 N–H and O–H groups in total. The topological polar surface area (TPSA) is 73.3 Å². The van der Waals surface area contributed by atoms with Crippen LogP contribution >= 0.6 is 11.6 Å². The summed E-state index contributed by atoms with van der Waals surface area (Å²) in [5, 5.41) is 10.9. The second-order valence-corrected chi connectivity index (χ2v) is 3.62. The number of furan rings is 1. The third-order valence-corrected chi connectivity index (χ3v) is 2.48. The van der Waals surface area contributed by atoms with Crippen LogP contribution in [-0.4, -0.2) is 11.2 Å². The van der Waals surface area contributed by atoms with Crippen LogP contribution in [0.25, 0.3) is 11.3 Å². The van der Waals surface area contributed by atoms with Gasteiger partial charge in [-0.3, -0.25) is 14.9 Å². The number of hydrogen-bond acceptors (Lipinski definition) is 4. The van der Waals surface area contributed by atoms with Gasteiger partial charge in [0.2, 0.25) is 0 Å². The van der Waals surface area contributed by atoms with E-state index in [4.69, 9.17) is 16.0 Å². The zero-order valence-corrected chi connectivity index (χ0v) is 9.18. The Morgan fingerprint density at radius 3 is 2.65 bits per heavy atom. The molecule has 1 aromatic carbocycles. The first kappa shape index (κ1) is 11.3. The van der Waals surface area contributed by atoms with Gasteiger partial charge in [-0.25, -0.2) is 0 Å². The van der Waals surface area contributed by atoms with Crippen molar-refractivity contribution in [3.05, 3.63) is 51.2 Å². The lowest BCUT2D eigenvalue weighted by molar-refractivity contribution is -0.384. The lowest BCUT2D eigenvalue weighted by Crippen LogP contribution is -1.92. The number of aldehydes is 1. The van der Waals surface area contributed by atoms with Crippen LogP contribution in [0.4, 0.5) is 5.69 Å². The van der Waals surface area contributed by atoms with Crippen molar-refractivity contribution in [3.8, 4) is 11.3 Å². The molecule has 0 spiro atoms. The molecule has 86 valence electrons. The minimum atomic E-state index is -0.583. The number of rotatable bonds is 3. The summed E-state index contributed by atoms with van der Waals surface area (Å²) in [5.41, 5.74) is 0.0107. The van der Waals surface area contributed by atoms with Crippen LogP contribution in [0.5, 0.6) is 0 Å². The molecule has 6 heteroatoms.